The van der Waals surface area contributed by atoms with Crippen LogP contribution in [0.1, 0.15) is 24.8 Å². The SMILES string of the molecule is NCCC1(c2ccc(O)cc2)CC1. The van der Waals surface area contributed by atoms with Gasteiger partial charge in [0.25, 0.3) is 0 Å². The van der Waals surface area contributed by atoms with Crippen LogP contribution in [0.5, 0.6) is 5.75 Å². The van der Waals surface area contributed by atoms with Crippen LogP contribution in [0, 0.1) is 0 Å². The van der Waals surface area contributed by atoms with Crippen LogP contribution in [0.3, 0.4) is 0 Å². The maximum Gasteiger partial charge on any atom is 0.115 e. The van der Waals surface area contributed by atoms with Gasteiger partial charge in [-0.05, 0) is 48.9 Å². The molecule has 2 nitrogen and oxygen atoms in total. The molecule has 1 aliphatic carbocycles. The summed E-state index contributed by atoms with van der Waals surface area (Å²) in [6, 6.07) is 7.54. The third-order valence-corrected chi connectivity index (χ3v) is 2.96. The number of aromatic hydroxyl groups is 1. The Labute approximate surface area is 78.4 Å². The molecule has 0 spiro atoms. The molecule has 1 fully saturated rings. The minimum Gasteiger partial charge on any atom is -0.508 e. The molecule has 3 N–H and O–H groups in total. The minimum absolute atomic E-state index is 0.340. The van der Waals surface area contributed by atoms with Crippen LogP contribution in [0.2, 0.25) is 0 Å². The fraction of sp³-hybridized carbons (Fsp3) is 0.455. The van der Waals surface area contributed by atoms with Crippen molar-refractivity contribution in [2.45, 2.75) is 24.7 Å². The number of hydrogen-bond donors (Lipinski definition) is 2. The average Bonchev–Trinajstić information content (AvgIpc) is 2.87. The summed E-state index contributed by atoms with van der Waals surface area (Å²) >= 11 is 0. The van der Waals surface area contributed by atoms with Gasteiger partial charge in [0.15, 0.2) is 0 Å². The summed E-state index contributed by atoms with van der Waals surface area (Å²) in [7, 11) is 0. The molecule has 2 rings (SSSR count). The summed E-state index contributed by atoms with van der Waals surface area (Å²) in [5.74, 6) is 0.340. The van der Waals surface area contributed by atoms with Crippen molar-refractivity contribution in [3.05, 3.63) is 29.8 Å². The molecule has 0 amide bonds. The normalized spacial score (nSPS) is 18.5. The molecule has 0 radical (unpaired) electrons. The minimum atomic E-state index is 0.340. The first-order chi connectivity index (χ1) is 6.27. The van der Waals surface area contributed by atoms with E-state index < -0.39 is 0 Å². The van der Waals surface area contributed by atoms with Crippen LogP contribution in [0.4, 0.5) is 0 Å². The number of phenolic OH excluding ortho intramolecular Hbond substituents is 1. The molecular weight excluding hydrogens is 162 g/mol. The van der Waals surface area contributed by atoms with E-state index in [4.69, 9.17) is 10.8 Å². The Morgan fingerprint density at radius 1 is 1.23 bits per heavy atom. The van der Waals surface area contributed by atoms with Gasteiger partial charge in [-0.1, -0.05) is 12.1 Å². The van der Waals surface area contributed by atoms with Crippen molar-refractivity contribution < 1.29 is 5.11 Å². The van der Waals surface area contributed by atoms with Gasteiger partial charge in [0.1, 0.15) is 5.75 Å². The maximum absolute atomic E-state index is 9.15. The van der Waals surface area contributed by atoms with Crippen LogP contribution in [0.15, 0.2) is 24.3 Å². The van der Waals surface area contributed by atoms with Crippen molar-refractivity contribution >= 4 is 0 Å². The zero-order chi connectivity index (χ0) is 9.31. The number of nitrogens with two attached hydrogens (primary N) is 1. The summed E-state index contributed by atoms with van der Waals surface area (Å²) in [6.45, 7) is 0.751. The van der Waals surface area contributed by atoms with Gasteiger partial charge in [0.2, 0.25) is 0 Å². The van der Waals surface area contributed by atoms with Crippen LogP contribution < -0.4 is 5.73 Å². The van der Waals surface area contributed by atoms with Crippen molar-refractivity contribution in [1.29, 1.82) is 0 Å². The average molecular weight is 177 g/mol. The molecule has 2 heteroatoms. The van der Waals surface area contributed by atoms with E-state index >= 15 is 0 Å². The first kappa shape index (κ1) is 8.57. The van der Waals surface area contributed by atoms with Crippen LogP contribution in [0.25, 0.3) is 0 Å². The van der Waals surface area contributed by atoms with E-state index in [0.29, 0.717) is 11.2 Å². The van der Waals surface area contributed by atoms with E-state index in [1.165, 1.54) is 18.4 Å². The number of hydrogen-bond acceptors (Lipinski definition) is 2. The largest absolute Gasteiger partial charge is 0.508 e. The third-order valence-electron chi connectivity index (χ3n) is 2.96. The number of benzene rings is 1. The van der Waals surface area contributed by atoms with Gasteiger partial charge < -0.3 is 10.8 Å². The smallest absolute Gasteiger partial charge is 0.115 e. The van der Waals surface area contributed by atoms with Crippen LogP contribution >= 0.6 is 0 Å². The van der Waals surface area contributed by atoms with Crippen molar-refractivity contribution in [3.63, 3.8) is 0 Å². The van der Waals surface area contributed by atoms with Crippen molar-refractivity contribution in [3.8, 4) is 5.75 Å². The Balaban J connectivity index is 2.20. The van der Waals surface area contributed by atoms with Crippen molar-refractivity contribution in [2.75, 3.05) is 6.54 Å². The molecule has 0 bridgehead atoms. The Bertz CT molecular complexity index is 287. The molecule has 1 saturated carbocycles. The zero-order valence-electron chi connectivity index (χ0n) is 7.66. The second-order valence-electron chi connectivity index (χ2n) is 3.87. The van der Waals surface area contributed by atoms with E-state index in [1.54, 1.807) is 12.1 Å². The van der Waals surface area contributed by atoms with E-state index in [0.717, 1.165) is 13.0 Å². The summed E-state index contributed by atoms with van der Waals surface area (Å²) in [4.78, 5) is 0. The molecule has 0 aliphatic heterocycles. The molecule has 0 saturated heterocycles. The molecule has 70 valence electrons. The van der Waals surface area contributed by atoms with Gasteiger partial charge in [-0.15, -0.1) is 0 Å². The highest BCUT2D eigenvalue weighted by Crippen LogP contribution is 2.50. The second-order valence-corrected chi connectivity index (χ2v) is 3.87. The highest BCUT2D eigenvalue weighted by atomic mass is 16.3. The fourth-order valence-electron chi connectivity index (χ4n) is 1.93. The maximum atomic E-state index is 9.15. The molecule has 13 heavy (non-hydrogen) atoms. The standard InChI is InChI=1S/C11H15NO/c12-8-7-11(5-6-11)9-1-3-10(13)4-2-9/h1-4,13H,5-8,12H2. The summed E-state index contributed by atoms with van der Waals surface area (Å²) in [5.41, 5.74) is 7.25. The quantitative estimate of drug-likeness (QED) is 0.739. The fourth-order valence-corrected chi connectivity index (χ4v) is 1.93. The van der Waals surface area contributed by atoms with Gasteiger partial charge in [-0.2, -0.15) is 0 Å². The molecule has 0 unspecified atom stereocenters. The highest BCUT2D eigenvalue weighted by molar-refractivity contribution is 5.35. The number of phenols is 1. The molecule has 1 aromatic rings. The Morgan fingerprint density at radius 2 is 1.85 bits per heavy atom. The first-order valence-electron chi connectivity index (χ1n) is 4.76. The van der Waals surface area contributed by atoms with Gasteiger partial charge in [-0.25, -0.2) is 0 Å². The Hall–Kier alpha value is -1.02. The lowest BCUT2D eigenvalue weighted by atomic mass is 9.92. The third kappa shape index (κ3) is 1.54. The monoisotopic (exact) mass is 177 g/mol. The molecular formula is C11H15NO. The lowest BCUT2D eigenvalue weighted by Gasteiger charge is -2.13. The summed E-state index contributed by atoms with van der Waals surface area (Å²) in [5, 5.41) is 9.15. The predicted molar refractivity (Wildman–Crippen MR) is 52.7 cm³/mol. The zero-order valence-corrected chi connectivity index (χ0v) is 7.66. The van der Waals surface area contributed by atoms with Gasteiger partial charge in [-0.3, -0.25) is 0 Å². The molecule has 0 aromatic heterocycles. The molecule has 0 heterocycles. The van der Waals surface area contributed by atoms with Gasteiger partial charge >= 0.3 is 0 Å². The van der Waals surface area contributed by atoms with E-state index in [1.807, 2.05) is 12.1 Å². The van der Waals surface area contributed by atoms with Gasteiger partial charge in [0.05, 0.1) is 0 Å². The van der Waals surface area contributed by atoms with Crippen LogP contribution in [-0.2, 0) is 5.41 Å². The van der Waals surface area contributed by atoms with Crippen molar-refractivity contribution in [2.24, 2.45) is 5.73 Å². The van der Waals surface area contributed by atoms with E-state index in [2.05, 4.69) is 0 Å². The summed E-state index contributed by atoms with van der Waals surface area (Å²) < 4.78 is 0. The second kappa shape index (κ2) is 3.04. The lowest BCUT2D eigenvalue weighted by molar-refractivity contribution is 0.474. The van der Waals surface area contributed by atoms with E-state index in [9.17, 15) is 0 Å². The first-order valence-corrected chi connectivity index (χ1v) is 4.76. The Kier molecular flexibility index (Phi) is 2.00. The molecule has 0 atom stereocenters. The summed E-state index contributed by atoms with van der Waals surface area (Å²) in [6.07, 6.45) is 3.56. The van der Waals surface area contributed by atoms with E-state index in [-0.39, 0.29) is 0 Å². The number of rotatable bonds is 3. The molecule has 1 aliphatic rings. The predicted octanol–water partition coefficient (Wildman–Crippen LogP) is 1.77. The van der Waals surface area contributed by atoms with Crippen molar-refractivity contribution in [1.82, 2.24) is 0 Å². The van der Waals surface area contributed by atoms with Gasteiger partial charge in [0, 0.05) is 0 Å². The molecule has 1 aromatic carbocycles. The Morgan fingerprint density at radius 3 is 2.31 bits per heavy atom. The topological polar surface area (TPSA) is 46.2 Å². The van der Waals surface area contributed by atoms with Crippen LogP contribution in [-0.4, -0.2) is 11.7 Å². The lowest BCUT2D eigenvalue weighted by Crippen LogP contribution is -2.13. The highest BCUT2D eigenvalue weighted by Gasteiger charge is 2.42.